The first-order chi connectivity index (χ1) is 15.8. The smallest absolute Gasteiger partial charge is 0.338 e. The standard InChI is InChI=1S/C24H22ClFN2O5/c1-4-31-24(29)21-13(2)33-23(28)15(11-27)22(21)14-8-9-19(20(10-14)30-3)32-12-16-17(25)6-5-7-18(16)26/h5-10,22H,4,12,28H2,1-3H3. The van der Waals surface area contributed by atoms with Gasteiger partial charge < -0.3 is 24.7 Å². The summed E-state index contributed by atoms with van der Waals surface area (Å²) < 4.78 is 35.9. The fourth-order valence-corrected chi connectivity index (χ4v) is 3.71. The summed E-state index contributed by atoms with van der Waals surface area (Å²) in [7, 11) is 1.44. The van der Waals surface area contributed by atoms with Crippen molar-refractivity contribution in [3.8, 4) is 17.6 Å². The van der Waals surface area contributed by atoms with E-state index in [0.29, 0.717) is 17.1 Å². The first kappa shape index (κ1) is 24.0. The second-order valence-electron chi connectivity index (χ2n) is 7.01. The van der Waals surface area contributed by atoms with Crippen LogP contribution in [-0.4, -0.2) is 19.7 Å². The average molecular weight is 473 g/mol. The van der Waals surface area contributed by atoms with Gasteiger partial charge in [0.05, 0.1) is 30.2 Å². The molecule has 0 bridgehead atoms. The predicted molar refractivity (Wildman–Crippen MR) is 119 cm³/mol. The Labute approximate surface area is 195 Å². The zero-order valence-electron chi connectivity index (χ0n) is 18.3. The van der Waals surface area contributed by atoms with Crippen LogP contribution in [0.4, 0.5) is 4.39 Å². The van der Waals surface area contributed by atoms with Crippen molar-refractivity contribution in [2.75, 3.05) is 13.7 Å². The number of nitrogens with zero attached hydrogens (tertiary/aromatic N) is 1. The third kappa shape index (κ3) is 4.89. The summed E-state index contributed by atoms with van der Waals surface area (Å²) in [5.41, 5.74) is 6.90. The molecule has 1 unspecified atom stereocenters. The number of nitriles is 1. The van der Waals surface area contributed by atoms with Crippen molar-refractivity contribution in [1.82, 2.24) is 0 Å². The quantitative estimate of drug-likeness (QED) is 0.582. The van der Waals surface area contributed by atoms with E-state index < -0.39 is 17.7 Å². The summed E-state index contributed by atoms with van der Waals surface area (Å²) in [4.78, 5) is 12.7. The van der Waals surface area contributed by atoms with Gasteiger partial charge in [-0.1, -0.05) is 23.7 Å². The zero-order chi connectivity index (χ0) is 24.1. The molecule has 1 atom stereocenters. The molecule has 0 aromatic heterocycles. The minimum Gasteiger partial charge on any atom is -0.493 e. The van der Waals surface area contributed by atoms with Gasteiger partial charge in [0.1, 0.15) is 29.8 Å². The molecule has 7 nitrogen and oxygen atoms in total. The number of hydrogen-bond donors (Lipinski definition) is 1. The first-order valence-electron chi connectivity index (χ1n) is 10.0. The second kappa shape index (κ2) is 10.3. The van der Waals surface area contributed by atoms with Gasteiger partial charge in [0.25, 0.3) is 0 Å². The fraction of sp³-hybridized carbons (Fsp3) is 0.250. The van der Waals surface area contributed by atoms with Gasteiger partial charge in [-0.2, -0.15) is 5.26 Å². The number of benzene rings is 2. The Hall–Kier alpha value is -3.70. The number of esters is 1. The van der Waals surface area contributed by atoms with E-state index in [1.807, 2.05) is 6.07 Å². The molecule has 0 saturated carbocycles. The lowest BCUT2D eigenvalue weighted by molar-refractivity contribution is -0.139. The summed E-state index contributed by atoms with van der Waals surface area (Å²) in [6, 6.07) is 11.3. The fourth-order valence-electron chi connectivity index (χ4n) is 3.49. The van der Waals surface area contributed by atoms with Crippen LogP contribution in [0.15, 0.2) is 59.2 Å². The van der Waals surface area contributed by atoms with Crippen molar-refractivity contribution >= 4 is 17.6 Å². The van der Waals surface area contributed by atoms with Gasteiger partial charge in [-0.05, 0) is 43.7 Å². The molecule has 3 rings (SSSR count). The number of nitrogens with two attached hydrogens (primary N) is 1. The average Bonchev–Trinajstić information content (AvgIpc) is 2.78. The van der Waals surface area contributed by atoms with Crippen LogP contribution in [-0.2, 0) is 20.9 Å². The molecule has 9 heteroatoms. The van der Waals surface area contributed by atoms with Crippen molar-refractivity contribution in [3.05, 3.63) is 81.2 Å². The van der Waals surface area contributed by atoms with Crippen molar-refractivity contribution in [1.29, 1.82) is 5.26 Å². The summed E-state index contributed by atoms with van der Waals surface area (Å²) in [5, 5.41) is 9.95. The van der Waals surface area contributed by atoms with Gasteiger partial charge in [-0.15, -0.1) is 0 Å². The monoisotopic (exact) mass is 472 g/mol. The van der Waals surface area contributed by atoms with Crippen molar-refractivity contribution in [3.63, 3.8) is 0 Å². The van der Waals surface area contributed by atoms with E-state index in [0.717, 1.165) is 0 Å². The molecule has 1 aliphatic rings. The number of methoxy groups -OCH3 is 1. The van der Waals surface area contributed by atoms with Crippen LogP contribution in [0.3, 0.4) is 0 Å². The molecule has 1 aliphatic heterocycles. The number of ether oxygens (including phenoxy) is 4. The number of carbonyl (C=O) groups excluding carboxylic acids is 1. The summed E-state index contributed by atoms with van der Waals surface area (Å²) in [6.07, 6.45) is 0. The van der Waals surface area contributed by atoms with Crippen LogP contribution in [0, 0.1) is 17.1 Å². The van der Waals surface area contributed by atoms with E-state index in [4.69, 9.17) is 36.3 Å². The Morgan fingerprint density at radius 3 is 2.70 bits per heavy atom. The number of hydrogen-bond acceptors (Lipinski definition) is 7. The van der Waals surface area contributed by atoms with Crippen LogP contribution in [0.5, 0.6) is 11.5 Å². The van der Waals surface area contributed by atoms with Gasteiger partial charge in [0, 0.05) is 5.56 Å². The predicted octanol–water partition coefficient (Wildman–Crippen LogP) is 4.71. The Morgan fingerprint density at radius 1 is 1.30 bits per heavy atom. The molecule has 2 aromatic carbocycles. The topological polar surface area (TPSA) is 104 Å². The highest BCUT2D eigenvalue weighted by atomic mass is 35.5. The van der Waals surface area contributed by atoms with Gasteiger partial charge >= 0.3 is 5.97 Å². The summed E-state index contributed by atoms with van der Waals surface area (Å²) in [6.45, 7) is 3.28. The SMILES string of the molecule is CCOC(=O)C1=C(C)OC(N)=C(C#N)C1c1ccc(OCc2c(F)cccc2Cl)c(OC)c1. The van der Waals surface area contributed by atoms with E-state index in [2.05, 4.69) is 0 Å². The molecule has 2 aromatic rings. The lowest BCUT2D eigenvalue weighted by atomic mass is 9.83. The minimum atomic E-state index is -0.827. The molecular formula is C24H22ClFN2O5. The number of halogens is 2. The molecule has 0 saturated heterocycles. The van der Waals surface area contributed by atoms with Gasteiger partial charge in [-0.3, -0.25) is 0 Å². The largest absolute Gasteiger partial charge is 0.493 e. The number of allylic oxidation sites excluding steroid dienone is 2. The maximum atomic E-state index is 14.1. The lowest BCUT2D eigenvalue weighted by Crippen LogP contribution is -2.25. The van der Waals surface area contributed by atoms with Crippen LogP contribution < -0.4 is 15.2 Å². The van der Waals surface area contributed by atoms with E-state index >= 15 is 0 Å². The molecule has 1 heterocycles. The van der Waals surface area contributed by atoms with Crippen molar-refractivity contribution in [2.45, 2.75) is 26.4 Å². The zero-order valence-corrected chi connectivity index (χ0v) is 19.0. The van der Waals surface area contributed by atoms with Gasteiger partial charge in [0.15, 0.2) is 11.5 Å². The highest BCUT2D eigenvalue weighted by molar-refractivity contribution is 6.31. The van der Waals surface area contributed by atoms with E-state index in [-0.39, 0.29) is 46.6 Å². The highest BCUT2D eigenvalue weighted by Gasteiger charge is 2.36. The maximum absolute atomic E-state index is 14.1. The minimum absolute atomic E-state index is 0.0671. The first-order valence-corrected chi connectivity index (χ1v) is 10.4. The Bertz CT molecular complexity index is 1170. The van der Waals surface area contributed by atoms with E-state index in [1.54, 1.807) is 38.1 Å². The third-order valence-electron chi connectivity index (χ3n) is 5.06. The molecule has 0 fully saturated rings. The molecule has 0 aliphatic carbocycles. The van der Waals surface area contributed by atoms with Crippen molar-refractivity contribution in [2.24, 2.45) is 5.73 Å². The lowest BCUT2D eigenvalue weighted by Gasteiger charge is -2.27. The van der Waals surface area contributed by atoms with E-state index in [1.165, 1.54) is 19.2 Å². The second-order valence-corrected chi connectivity index (χ2v) is 7.42. The number of carbonyl (C=O) groups is 1. The number of rotatable bonds is 7. The molecule has 2 N–H and O–H groups in total. The van der Waals surface area contributed by atoms with Crippen LogP contribution in [0.1, 0.15) is 30.9 Å². The normalized spacial score (nSPS) is 15.6. The van der Waals surface area contributed by atoms with Gasteiger partial charge in [0.2, 0.25) is 5.88 Å². The van der Waals surface area contributed by atoms with Crippen LogP contribution in [0.25, 0.3) is 0 Å². The molecule has 0 radical (unpaired) electrons. The maximum Gasteiger partial charge on any atom is 0.338 e. The molecule has 0 spiro atoms. The van der Waals surface area contributed by atoms with Crippen LogP contribution in [0.2, 0.25) is 5.02 Å². The van der Waals surface area contributed by atoms with Crippen molar-refractivity contribution < 1.29 is 28.1 Å². The van der Waals surface area contributed by atoms with Gasteiger partial charge in [-0.25, -0.2) is 9.18 Å². The van der Waals surface area contributed by atoms with E-state index in [9.17, 15) is 14.4 Å². The Kier molecular flexibility index (Phi) is 7.46. The Morgan fingerprint density at radius 2 is 2.06 bits per heavy atom. The van der Waals surface area contributed by atoms with Crippen LogP contribution >= 0.6 is 11.6 Å². The third-order valence-corrected chi connectivity index (χ3v) is 5.41. The molecule has 33 heavy (non-hydrogen) atoms. The molecular weight excluding hydrogens is 451 g/mol. The molecule has 0 amide bonds. The Balaban J connectivity index is 2.00. The highest BCUT2D eigenvalue weighted by Crippen LogP contribution is 2.42. The molecule has 172 valence electrons. The summed E-state index contributed by atoms with van der Waals surface area (Å²) in [5.74, 6) is -1.16. The summed E-state index contributed by atoms with van der Waals surface area (Å²) >= 11 is 6.07.